The Balaban J connectivity index is 2.69. The van der Waals surface area contributed by atoms with Gasteiger partial charge in [0, 0.05) is 10.2 Å². The molecule has 0 unspecified atom stereocenters. The van der Waals surface area contributed by atoms with Crippen LogP contribution in [0.5, 0.6) is 0 Å². The van der Waals surface area contributed by atoms with Crippen LogP contribution in [0.2, 0.25) is 0 Å². The summed E-state index contributed by atoms with van der Waals surface area (Å²) in [6.07, 6.45) is 0. The van der Waals surface area contributed by atoms with Crippen LogP contribution in [0.3, 0.4) is 0 Å². The fraction of sp³-hybridized carbons (Fsp3) is 0.300. The molecule has 0 saturated carbocycles. The Labute approximate surface area is 109 Å². The van der Waals surface area contributed by atoms with Crippen molar-refractivity contribution in [3.05, 3.63) is 28.2 Å². The summed E-state index contributed by atoms with van der Waals surface area (Å²) in [7, 11) is 0. The number of rotatable bonds is 3. The van der Waals surface area contributed by atoms with Gasteiger partial charge in [-0.3, -0.25) is 5.01 Å². The van der Waals surface area contributed by atoms with Crippen molar-refractivity contribution in [3.8, 4) is 0 Å². The molecule has 0 heterocycles. The number of aliphatic hydroxyl groups excluding tert-OH is 1. The number of anilines is 1. The van der Waals surface area contributed by atoms with Gasteiger partial charge in [-0.1, -0.05) is 15.9 Å². The van der Waals surface area contributed by atoms with E-state index in [1.165, 1.54) is 5.01 Å². The molecule has 0 aliphatic heterocycles. The van der Waals surface area contributed by atoms with Gasteiger partial charge >= 0.3 is 0 Å². The molecule has 0 aliphatic rings. The van der Waals surface area contributed by atoms with Crippen molar-refractivity contribution in [2.45, 2.75) is 6.92 Å². The molecule has 1 aromatic rings. The second-order valence-electron chi connectivity index (χ2n) is 3.31. The third kappa shape index (κ3) is 3.71. The number of halogens is 1. The van der Waals surface area contributed by atoms with Gasteiger partial charge in [-0.2, -0.15) is 0 Å². The molecule has 0 atom stereocenters. The van der Waals surface area contributed by atoms with E-state index in [2.05, 4.69) is 21.2 Å². The number of nitrogens with one attached hydrogen (secondary N) is 1. The van der Waals surface area contributed by atoms with E-state index in [9.17, 15) is 0 Å². The monoisotopic (exact) mass is 303 g/mol. The molecule has 16 heavy (non-hydrogen) atoms. The van der Waals surface area contributed by atoms with E-state index in [1.807, 2.05) is 25.1 Å². The van der Waals surface area contributed by atoms with Gasteiger partial charge in [0.2, 0.25) is 0 Å². The largest absolute Gasteiger partial charge is 0.394 e. The van der Waals surface area contributed by atoms with Gasteiger partial charge in [0.25, 0.3) is 0 Å². The van der Waals surface area contributed by atoms with Gasteiger partial charge in [-0.05, 0) is 42.9 Å². The van der Waals surface area contributed by atoms with Crippen LogP contribution in [-0.2, 0) is 0 Å². The lowest BCUT2D eigenvalue weighted by molar-refractivity contribution is 0.253. The lowest BCUT2D eigenvalue weighted by atomic mass is 10.2. The van der Waals surface area contributed by atoms with Crippen molar-refractivity contribution in [1.82, 2.24) is 5.01 Å². The predicted molar refractivity (Wildman–Crippen MR) is 73.1 cm³/mol. The third-order valence-electron chi connectivity index (χ3n) is 2.03. The molecule has 0 saturated heterocycles. The van der Waals surface area contributed by atoms with Gasteiger partial charge in [0.05, 0.1) is 13.2 Å². The second kappa shape index (κ2) is 6.15. The number of aryl methyl sites for hydroxylation is 1. The lowest BCUT2D eigenvalue weighted by Gasteiger charge is -2.20. The zero-order chi connectivity index (χ0) is 12.1. The average Bonchev–Trinajstić information content (AvgIpc) is 2.22. The number of hydrogen-bond donors (Lipinski definition) is 3. The maximum atomic E-state index is 8.73. The molecule has 0 amide bonds. The first-order chi connectivity index (χ1) is 7.54. The molecule has 1 rings (SSSR count). The van der Waals surface area contributed by atoms with E-state index in [-0.39, 0.29) is 6.61 Å². The van der Waals surface area contributed by atoms with Crippen LogP contribution in [-0.4, -0.2) is 28.4 Å². The van der Waals surface area contributed by atoms with E-state index in [0.717, 1.165) is 15.7 Å². The summed E-state index contributed by atoms with van der Waals surface area (Å²) >= 11 is 8.47. The molecule has 0 spiro atoms. The Kier molecular flexibility index (Phi) is 5.14. The number of hydrogen-bond acceptors (Lipinski definition) is 3. The van der Waals surface area contributed by atoms with Gasteiger partial charge in [-0.15, -0.1) is 0 Å². The molecule has 0 aromatic heterocycles. The standard InChI is InChI=1S/C10H14BrN3OS/c1-7-6-8(11)2-3-9(7)13-10(16)14(12)4-5-15/h2-3,6,15H,4-5,12H2,1H3,(H,13,16). The Bertz CT molecular complexity index is 386. The van der Waals surface area contributed by atoms with Crippen molar-refractivity contribution in [3.63, 3.8) is 0 Å². The highest BCUT2D eigenvalue weighted by Gasteiger charge is 2.06. The summed E-state index contributed by atoms with van der Waals surface area (Å²) in [6, 6.07) is 5.82. The van der Waals surface area contributed by atoms with Crippen LogP contribution >= 0.6 is 28.1 Å². The molecular formula is C10H14BrN3OS. The van der Waals surface area contributed by atoms with Gasteiger partial charge in [0.1, 0.15) is 0 Å². The fourth-order valence-electron chi connectivity index (χ4n) is 1.16. The molecule has 0 radical (unpaired) electrons. The Hall–Kier alpha value is -0.690. The Morgan fingerprint density at radius 3 is 2.88 bits per heavy atom. The predicted octanol–water partition coefficient (Wildman–Crippen LogP) is 1.62. The molecule has 6 heteroatoms. The molecule has 4 nitrogen and oxygen atoms in total. The van der Waals surface area contributed by atoms with Crippen molar-refractivity contribution in [1.29, 1.82) is 0 Å². The molecule has 0 bridgehead atoms. The highest BCUT2D eigenvalue weighted by molar-refractivity contribution is 9.10. The van der Waals surface area contributed by atoms with E-state index in [1.54, 1.807) is 0 Å². The lowest BCUT2D eigenvalue weighted by Crippen LogP contribution is -2.42. The molecule has 0 fully saturated rings. The maximum Gasteiger partial charge on any atom is 0.187 e. The quantitative estimate of drug-likeness (QED) is 0.450. The Morgan fingerprint density at radius 2 is 2.31 bits per heavy atom. The summed E-state index contributed by atoms with van der Waals surface area (Å²) in [5.74, 6) is 5.62. The second-order valence-corrected chi connectivity index (χ2v) is 4.61. The zero-order valence-corrected chi connectivity index (χ0v) is 11.3. The zero-order valence-electron chi connectivity index (χ0n) is 8.90. The first kappa shape index (κ1) is 13.4. The highest BCUT2D eigenvalue weighted by Crippen LogP contribution is 2.20. The summed E-state index contributed by atoms with van der Waals surface area (Å²) < 4.78 is 1.02. The van der Waals surface area contributed by atoms with E-state index < -0.39 is 0 Å². The smallest absolute Gasteiger partial charge is 0.187 e. The van der Waals surface area contributed by atoms with E-state index in [4.69, 9.17) is 23.2 Å². The number of aliphatic hydroxyl groups is 1. The number of nitrogens with zero attached hydrogens (tertiary/aromatic N) is 1. The summed E-state index contributed by atoms with van der Waals surface area (Å²) in [5, 5.41) is 13.4. The number of hydrazine groups is 1. The van der Waals surface area contributed by atoms with E-state index in [0.29, 0.717) is 11.7 Å². The summed E-state index contributed by atoms with van der Waals surface area (Å²) in [4.78, 5) is 0. The number of nitrogens with two attached hydrogens (primary N) is 1. The fourth-order valence-corrected chi connectivity index (χ4v) is 1.84. The van der Waals surface area contributed by atoms with Crippen LogP contribution < -0.4 is 11.2 Å². The minimum Gasteiger partial charge on any atom is -0.394 e. The van der Waals surface area contributed by atoms with E-state index >= 15 is 0 Å². The van der Waals surface area contributed by atoms with Crippen LogP contribution in [0.25, 0.3) is 0 Å². The molecule has 0 aliphatic carbocycles. The van der Waals surface area contributed by atoms with Crippen LogP contribution in [0.4, 0.5) is 5.69 Å². The third-order valence-corrected chi connectivity index (χ3v) is 2.86. The molecule has 88 valence electrons. The van der Waals surface area contributed by atoms with Gasteiger partial charge in [0.15, 0.2) is 5.11 Å². The van der Waals surface area contributed by atoms with Crippen LogP contribution in [0, 0.1) is 6.92 Å². The van der Waals surface area contributed by atoms with Crippen LogP contribution in [0.15, 0.2) is 22.7 Å². The molecule has 1 aromatic carbocycles. The summed E-state index contributed by atoms with van der Waals surface area (Å²) in [6.45, 7) is 2.25. The van der Waals surface area contributed by atoms with Crippen molar-refractivity contribution in [2.24, 2.45) is 5.84 Å². The highest BCUT2D eigenvalue weighted by atomic mass is 79.9. The normalized spacial score (nSPS) is 10.0. The van der Waals surface area contributed by atoms with Crippen LogP contribution in [0.1, 0.15) is 5.56 Å². The topological polar surface area (TPSA) is 61.5 Å². The SMILES string of the molecule is Cc1cc(Br)ccc1NC(=S)N(N)CCO. The minimum absolute atomic E-state index is 0.0301. The number of benzene rings is 1. The van der Waals surface area contributed by atoms with Gasteiger partial charge < -0.3 is 10.4 Å². The number of thiocarbonyl (C=S) groups is 1. The Morgan fingerprint density at radius 1 is 1.62 bits per heavy atom. The van der Waals surface area contributed by atoms with Crippen molar-refractivity contribution < 1.29 is 5.11 Å². The molecule has 4 N–H and O–H groups in total. The first-order valence-electron chi connectivity index (χ1n) is 4.75. The first-order valence-corrected chi connectivity index (χ1v) is 5.95. The minimum atomic E-state index is -0.0301. The van der Waals surface area contributed by atoms with Crippen molar-refractivity contribution in [2.75, 3.05) is 18.5 Å². The summed E-state index contributed by atoms with van der Waals surface area (Å²) in [5.41, 5.74) is 1.97. The van der Waals surface area contributed by atoms with Crippen molar-refractivity contribution >= 4 is 38.9 Å². The molecular weight excluding hydrogens is 290 g/mol. The van der Waals surface area contributed by atoms with Gasteiger partial charge in [-0.25, -0.2) is 5.84 Å². The maximum absolute atomic E-state index is 8.73. The average molecular weight is 304 g/mol.